The van der Waals surface area contributed by atoms with E-state index in [0.29, 0.717) is 17.0 Å². The molecule has 3 N–H and O–H groups in total. The average Bonchev–Trinajstić information content (AvgIpc) is 2.63. The molecule has 4 nitrogen and oxygen atoms in total. The van der Waals surface area contributed by atoms with Crippen LogP contribution in [0.5, 0.6) is 0 Å². The van der Waals surface area contributed by atoms with Crippen molar-refractivity contribution in [3.05, 3.63) is 16.0 Å². The second-order valence-electron chi connectivity index (χ2n) is 6.56. The number of thiophene rings is 1. The van der Waals surface area contributed by atoms with E-state index in [9.17, 15) is 9.59 Å². The summed E-state index contributed by atoms with van der Waals surface area (Å²) in [7, 11) is 0. The van der Waals surface area contributed by atoms with Crippen LogP contribution in [-0.2, 0) is 17.6 Å². The van der Waals surface area contributed by atoms with Crippen molar-refractivity contribution in [2.45, 2.75) is 52.9 Å². The first-order valence-corrected chi connectivity index (χ1v) is 7.84. The van der Waals surface area contributed by atoms with Crippen LogP contribution in [0, 0.1) is 5.41 Å². The van der Waals surface area contributed by atoms with Crippen molar-refractivity contribution in [1.82, 2.24) is 0 Å². The molecular weight excluding hydrogens is 272 g/mol. The molecule has 0 spiro atoms. The topological polar surface area (TPSA) is 72.2 Å². The van der Waals surface area contributed by atoms with Crippen molar-refractivity contribution < 1.29 is 9.59 Å². The van der Waals surface area contributed by atoms with Crippen molar-refractivity contribution in [3.63, 3.8) is 0 Å². The Morgan fingerprint density at radius 1 is 1.25 bits per heavy atom. The van der Waals surface area contributed by atoms with Crippen LogP contribution >= 0.6 is 11.3 Å². The van der Waals surface area contributed by atoms with E-state index < -0.39 is 5.91 Å². The van der Waals surface area contributed by atoms with E-state index in [-0.39, 0.29) is 11.3 Å². The van der Waals surface area contributed by atoms with Gasteiger partial charge < -0.3 is 11.1 Å². The molecule has 0 aliphatic heterocycles. The van der Waals surface area contributed by atoms with Crippen molar-refractivity contribution in [2.24, 2.45) is 11.1 Å². The first-order valence-electron chi connectivity index (χ1n) is 7.02. The molecule has 0 saturated heterocycles. The molecule has 2 amide bonds. The van der Waals surface area contributed by atoms with Gasteiger partial charge in [-0.1, -0.05) is 20.8 Å². The minimum absolute atomic E-state index is 0.0569. The molecule has 1 aromatic rings. The summed E-state index contributed by atoms with van der Waals surface area (Å²) in [5.74, 6) is -0.492. The molecule has 0 fully saturated rings. The Morgan fingerprint density at radius 3 is 2.50 bits per heavy atom. The van der Waals surface area contributed by atoms with Crippen LogP contribution in [0.15, 0.2) is 0 Å². The zero-order chi connectivity index (χ0) is 14.9. The number of carbonyl (C=O) groups excluding carboxylic acids is 2. The van der Waals surface area contributed by atoms with Gasteiger partial charge in [0, 0.05) is 11.3 Å². The number of primary amides is 1. The van der Waals surface area contributed by atoms with Crippen LogP contribution in [0.3, 0.4) is 0 Å². The third-order valence-electron chi connectivity index (χ3n) is 3.36. The van der Waals surface area contributed by atoms with Crippen molar-refractivity contribution in [3.8, 4) is 0 Å². The van der Waals surface area contributed by atoms with Gasteiger partial charge in [-0.3, -0.25) is 9.59 Å². The quantitative estimate of drug-likeness (QED) is 0.899. The van der Waals surface area contributed by atoms with E-state index in [4.69, 9.17) is 5.73 Å². The van der Waals surface area contributed by atoms with Gasteiger partial charge in [0.2, 0.25) is 5.91 Å². The van der Waals surface area contributed by atoms with Crippen LogP contribution < -0.4 is 11.1 Å². The number of carbonyl (C=O) groups is 2. The first kappa shape index (κ1) is 15.0. The number of nitrogens with one attached hydrogen (secondary N) is 1. The normalized spacial score (nSPS) is 14.8. The largest absolute Gasteiger partial charge is 0.365 e. The number of amides is 2. The van der Waals surface area contributed by atoms with Crippen LogP contribution in [0.4, 0.5) is 5.00 Å². The summed E-state index contributed by atoms with van der Waals surface area (Å²) in [6.45, 7) is 6.04. The maximum absolute atomic E-state index is 12.1. The van der Waals surface area contributed by atoms with Gasteiger partial charge in [-0.05, 0) is 36.7 Å². The monoisotopic (exact) mass is 294 g/mol. The lowest BCUT2D eigenvalue weighted by atomic mass is 9.92. The number of nitrogens with two attached hydrogens (primary N) is 1. The van der Waals surface area contributed by atoms with Crippen LogP contribution in [-0.4, -0.2) is 11.8 Å². The summed E-state index contributed by atoms with van der Waals surface area (Å²) in [6.07, 6.45) is 4.52. The van der Waals surface area contributed by atoms with Crippen molar-refractivity contribution >= 4 is 28.2 Å². The average molecular weight is 294 g/mol. The van der Waals surface area contributed by atoms with E-state index in [1.807, 2.05) is 20.8 Å². The molecule has 110 valence electrons. The predicted molar refractivity (Wildman–Crippen MR) is 82.2 cm³/mol. The van der Waals surface area contributed by atoms with Gasteiger partial charge in [0.25, 0.3) is 5.91 Å². The maximum atomic E-state index is 12.1. The molecule has 0 bridgehead atoms. The molecule has 20 heavy (non-hydrogen) atoms. The third-order valence-corrected chi connectivity index (χ3v) is 4.57. The molecular formula is C15H22N2O2S. The fraction of sp³-hybridized carbons (Fsp3) is 0.600. The third kappa shape index (κ3) is 3.39. The number of aryl methyl sites for hydroxylation is 1. The Labute approximate surface area is 123 Å². The Kier molecular flexibility index (Phi) is 4.18. The lowest BCUT2D eigenvalue weighted by molar-refractivity contribution is -0.117. The lowest BCUT2D eigenvalue weighted by Gasteiger charge is -2.17. The standard InChI is InChI=1S/C15H22N2O2S/c1-15(2,3)8-11(18)17-14-12(13(16)19)9-6-4-5-7-10(9)20-14/h4-8H2,1-3H3,(H2,16,19)(H,17,18). The van der Waals surface area contributed by atoms with Gasteiger partial charge in [0.05, 0.1) is 5.56 Å². The van der Waals surface area contributed by atoms with Gasteiger partial charge >= 0.3 is 0 Å². The second kappa shape index (κ2) is 5.56. The molecule has 1 aromatic heterocycles. The highest BCUT2D eigenvalue weighted by Crippen LogP contribution is 2.38. The Balaban J connectivity index is 2.25. The van der Waals surface area contributed by atoms with E-state index in [1.165, 1.54) is 16.2 Å². The van der Waals surface area contributed by atoms with Gasteiger partial charge in [0.15, 0.2) is 0 Å². The summed E-state index contributed by atoms with van der Waals surface area (Å²) in [4.78, 5) is 25.0. The van der Waals surface area contributed by atoms with Crippen molar-refractivity contribution in [2.75, 3.05) is 5.32 Å². The Hall–Kier alpha value is -1.36. The molecule has 2 rings (SSSR count). The summed E-state index contributed by atoms with van der Waals surface area (Å²) in [6, 6.07) is 0. The number of anilines is 1. The maximum Gasteiger partial charge on any atom is 0.251 e. The van der Waals surface area contributed by atoms with Gasteiger partial charge in [-0.15, -0.1) is 11.3 Å². The van der Waals surface area contributed by atoms with Crippen LogP contribution in [0.1, 0.15) is 60.8 Å². The molecule has 0 atom stereocenters. The zero-order valence-corrected chi connectivity index (χ0v) is 13.2. The fourth-order valence-corrected chi connectivity index (χ4v) is 3.88. The highest BCUT2D eigenvalue weighted by atomic mass is 32.1. The molecule has 0 unspecified atom stereocenters. The Bertz CT molecular complexity index is 541. The summed E-state index contributed by atoms with van der Waals surface area (Å²) < 4.78 is 0. The zero-order valence-electron chi connectivity index (χ0n) is 12.3. The molecule has 1 aliphatic rings. The molecule has 1 aliphatic carbocycles. The lowest BCUT2D eigenvalue weighted by Crippen LogP contribution is -2.21. The van der Waals surface area contributed by atoms with E-state index in [1.54, 1.807) is 0 Å². The number of rotatable bonds is 3. The predicted octanol–water partition coefficient (Wildman–Crippen LogP) is 3.10. The second-order valence-corrected chi connectivity index (χ2v) is 7.67. The number of fused-ring (bicyclic) bond motifs is 1. The first-order chi connectivity index (χ1) is 9.28. The van der Waals surface area contributed by atoms with Gasteiger partial charge in [-0.2, -0.15) is 0 Å². The molecule has 0 aromatic carbocycles. The fourth-order valence-electron chi connectivity index (χ4n) is 2.57. The smallest absolute Gasteiger partial charge is 0.251 e. The van der Waals surface area contributed by atoms with E-state index >= 15 is 0 Å². The van der Waals surface area contributed by atoms with Crippen LogP contribution in [0.25, 0.3) is 0 Å². The van der Waals surface area contributed by atoms with Gasteiger partial charge in [-0.25, -0.2) is 0 Å². The minimum atomic E-state index is -0.435. The summed E-state index contributed by atoms with van der Waals surface area (Å²) in [5.41, 5.74) is 7.02. The van der Waals surface area contributed by atoms with Crippen molar-refractivity contribution in [1.29, 1.82) is 0 Å². The number of hydrogen-bond donors (Lipinski definition) is 2. The highest BCUT2D eigenvalue weighted by molar-refractivity contribution is 7.17. The van der Waals surface area contributed by atoms with Crippen LogP contribution in [0.2, 0.25) is 0 Å². The SMILES string of the molecule is CC(C)(C)CC(=O)Nc1sc2c(c1C(N)=O)CCCC2. The van der Waals surface area contributed by atoms with Gasteiger partial charge in [0.1, 0.15) is 5.00 Å². The summed E-state index contributed by atoms with van der Waals surface area (Å²) in [5, 5.41) is 3.52. The van der Waals surface area contributed by atoms with E-state index in [2.05, 4.69) is 5.32 Å². The minimum Gasteiger partial charge on any atom is -0.365 e. The number of hydrogen-bond acceptors (Lipinski definition) is 3. The van der Waals surface area contributed by atoms with E-state index in [0.717, 1.165) is 31.2 Å². The highest BCUT2D eigenvalue weighted by Gasteiger charge is 2.25. The Morgan fingerprint density at radius 2 is 1.90 bits per heavy atom. The molecule has 0 radical (unpaired) electrons. The molecule has 0 saturated carbocycles. The summed E-state index contributed by atoms with van der Waals surface area (Å²) >= 11 is 1.51. The molecule has 5 heteroatoms. The molecule has 1 heterocycles.